The standard InChI is InChI=1S/C30H24N4O5/c1-16(35)39-19-12-10-18(11-13-19)34-27(36)25-24(14-17-15-31-22-8-4-2-6-20(17)22)33-30(26(25)28(34)37)21-7-3-5-9-23(21)32-29(30)38/h2-13,15,24-26,31,33H,14H2,1H3,(H,32,38)/t24?,25?,26?,30-/m0/s1. The van der Waals surface area contributed by atoms with Crippen molar-refractivity contribution in [2.45, 2.75) is 24.9 Å². The number of esters is 1. The molecule has 3 N–H and O–H groups in total. The summed E-state index contributed by atoms with van der Waals surface area (Å²) < 4.78 is 5.11. The van der Waals surface area contributed by atoms with Crippen molar-refractivity contribution in [3.63, 3.8) is 0 Å². The summed E-state index contributed by atoms with van der Waals surface area (Å²) in [6.07, 6.45) is 2.36. The molecule has 194 valence electrons. The molecule has 1 aromatic heterocycles. The van der Waals surface area contributed by atoms with Gasteiger partial charge in [-0.25, -0.2) is 4.90 Å². The van der Waals surface area contributed by atoms with E-state index in [1.54, 1.807) is 30.3 Å². The molecule has 3 unspecified atom stereocenters. The molecular formula is C30H24N4O5. The van der Waals surface area contributed by atoms with Crippen molar-refractivity contribution in [1.29, 1.82) is 0 Å². The highest BCUT2D eigenvalue weighted by Gasteiger charge is 2.70. The Bertz CT molecular complexity index is 1690. The monoisotopic (exact) mass is 520 g/mol. The fourth-order valence-electron chi connectivity index (χ4n) is 6.55. The molecule has 9 heteroatoms. The second-order valence-electron chi connectivity index (χ2n) is 10.2. The number of carbonyl (C=O) groups is 4. The van der Waals surface area contributed by atoms with Crippen molar-refractivity contribution in [3.8, 4) is 5.75 Å². The smallest absolute Gasteiger partial charge is 0.308 e. The van der Waals surface area contributed by atoms with Crippen LogP contribution in [0.1, 0.15) is 18.1 Å². The van der Waals surface area contributed by atoms with Gasteiger partial charge < -0.3 is 15.0 Å². The number of imide groups is 1. The average molecular weight is 521 g/mol. The Kier molecular flexibility index (Phi) is 5.02. The highest BCUT2D eigenvalue weighted by Crippen LogP contribution is 2.54. The molecule has 2 saturated heterocycles. The average Bonchev–Trinajstić information content (AvgIpc) is 3.63. The number of aromatic amines is 1. The Morgan fingerprint density at radius 2 is 1.69 bits per heavy atom. The Balaban J connectivity index is 1.33. The molecule has 1 spiro atoms. The number of hydrogen-bond donors (Lipinski definition) is 3. The van der Waals surface area contributed by atoms with E-state index in [2.05, 4.69) is 15.6 Å². The first-order valence-electron chi connectivity index (χ1n) is 12.8. The van der Waals surface area contributed by atoms with Gasteiger partial charge >= 0.3 is 5.97 Å². The number of nitrogens with one attached hydrogen (secondary N) is 3. The van der Waals surface area contributed by atoms with Gasteiger partial charge in [-0.3, -0.25) is 24.5 Å². The molecule has 3 aliphatic rings. The van der Waals surface area contributed by atoms with Crippen molar-refractivity contribution in [1.82, 2.24) is 10.3 Å². The van der Waals surface area contributed by atoms with Gasteiger partial charge in [0, 0.05) is 41.3 Å². The molecule has 7 rings (SSSR count). The van der Waals surface area contributed by atoms with Gasteiger partial charge in [-0.15, -0.1) is 0 Å². The molecular weight excluding hydrogens is 496 g/mol. The summed E-state index contributed by atoms with van der Waals surface area (Å²) in [7, 11) is 0. The first kappa shape index (κ1) is 23.4. The van der Waals surface area contributed by atoms with Gasteiger partial charge in [0.2, 0.25) is 17.7 Å². The van der Waals surface area contributed by atoms with Crippen LogP contribution in [0.4, 0.5) is 11.4 Å². The Labute approximate surface area is 223 Å². The fourth-order valence-corrected chi connectivity index (χ4v) is 6.55. The van der Waals surface area contributed by atoms with Crippen LogP contribution in [-0.4, -0.2) is 34.7 Å². The summed E-state index contributed by atoms with van der Waals surface area (Å²) in [6, 6.07) is 21.0. The molecule has 3 aromatic carbocycles. The molecule has 39 heavy (non-hydrogen) atoms. The molecule has 4 atom stereocenters. The van der Waals surface area contributed by atoms with Crippen LogP contribution < -0.4 is 20.3 Å². The summed E-state index contributed by atoms with van der Waals surface area (Å²) >= 11 is 0. The van der Waals surface area contributed by atoms with Crippen LogP contribution in [0.2, 0.25) is 0 Å². The minimum atomic E-state index is -1.38. The predicted molar refractivity (Wildman–Crippen MR) is 143 cm³/mol. The van der Waals surface area contributed by atoms with E-state index >= 15 is 0 Å². The number of H-pyrrole nitrogens is 1. The SMILES string of the molecule is CC(=O)Oc1ccc(N2C(=O)C3C(Cc4c[nH]c5ccccc45)N[C@]4(C(=O)Nc5ccccc54)C3C2=O)cc1. The van der Waals surface area contributed by atoms with Crippen LogP contribution in [0.15, 0.2) is 79.0 Å². The third kappa shape index (κ3) is 3.29. The van der Waals surface area contributed by atoms with Crippen molar-refractivity contribution < 1.29 is 23.9 Å². The van der Waals surface area contributed by atoms with E-state index in [-0.39, 0.29) is 11.8 Å². The van der Waals surface area contributed by atoms with Gasteiger partial charge in [0.1, 0.15) is 11.3 Å². The maximum Gasteiger partial charge on any atom is 0.308 e. The first-order valence-corrected chi connectivity index (χ1v) is 12.8. The van der Waals surface area contributed by atoms with Crippen LogP contribution in [0.25, 0.3) is 10.9 Å². The summed E-state index contributed by atoms with van der Waals surface area (Å²) in [5.74, 6) is -3.00. The number of ether oxygens (including phenoxy) is 1. The number of carbonyl (C=O) groups excluding carboxylic acids is 4. The second-order valence-corrected chi connectivity index (χ2v) is 10.2. The summed E-state index contributed by atoms with van der Waals surface area (Å²) in [4.78, 5) is 57.7. The lowest BCUT2D eigenvalue weighted by molar-refractivity contribution is -0.132. The van der Waals surface area contributed by atoms with Gasteiger partial charge in [0.05, 0.1) is 17.5 Å². The summed E-state index contributed by atoms with van der Waals surface area (Å²) in [5, 5.41) is 7.45. The minimum absolute atomic E-state index is 0.310. The number of rotatable bonds is 4. The first-order chi connectivity index (χ1) is 18.9. The zero-order valence-corrected chi connectivity index (χ0v) is 20.9. The molecule has 3 aliphatic heterocycles. The van der Waals surface area contributed by atoms with Crippen molar-refractivity contribution in [2.24, 2.45) is 11.8 Å². The predicted octanol–water partition coefficient (Wildman–Crippen LogP) is 3.26. The topological polar surface area (TPSA) is 121 Å². The quantitative estimate of drug-likeness (QED) is 0.216. The molecule has 0 radical (unpaired) electrons. The number of benzene rings is 3. The highest BCUT2D eigenvalue weighted by atomic mass is 16.5. The molecule has 4 heterocycles. The van der Waals surface area contributed by atoms with E-state index in [0.717, 1.165) is 16.5 Å². The number of para-hydroxylation sites is 2. The molecule has 9 nitrogen and oxygen atoms in total. The lowest BCUT2D eigenvalue weighted by Gasteiger charge is -2.29. The molecule has 2 fully saturated rings. The van der Waals surface area contributed by atoms with Crippen molar-refractivity contribution >= 4 is 46.0 Å². The van der Waals surface area contributed by atoms with E-state index in [0.29, 0.717) is 29.1 Å². The molecule has 4 aromatic rings. The van der Waals surface area contributed by atoms with Gasteiger partial charge in [0.25, 0.3) is 0 Å². The lowest BCUT2D eigenvalue weighted by Crippen LogP contribution is -2.53. The number of nitrogens with zero attached hydrogens (tertiary/aromatic N) is 1. The van der Waals surface area contributed by atoms with E-state index in [1.165, 1.54) is 11.8 Å². The highest BCUT2D eigenvalue weighted by molar-refractivity contribution is 6.25. The minimum Gasteiger partial charge on any atom is -0.427 e. The lowest BCUT2D eigenvalue weighted by atomic mass is 9.76. The molecule has 0 aliphatic carbocycles. The summed E-state index contributed by atoms with van der Waals surface area (Å²) in [5.41, 5.74) is 2.25. The second kappa shape index (κ2) is 8.37. The number of hydrogen-bond acceptors (Lipinski definition) is 6. The zero-order chi connectivity index (χ0) is 26.9. The molecule has 0 bridgehead atoms. The van der Waals surface area contributed by atoms with Gasteiger partial charge in [-0.1, -0.05) is 36.4 Å². The fraction of sp³-hybridized carbons (Fsp3) is 0.200. The van der Waals surface area contributed by atoms with Crippen LogP contribution in [-0.2, 0) is 31.1 Å². The third-order valence-corrected chi connectivity index (χ3v) is 8.09. The number of aromatic nitrogens is 1. The Hall–Kier alpha value is -4.76. The zero-order valence-electron chi connectivity index (χ0n) is 20.9. The van der Waals surface area contributed by atoms with Crippen LogP contribution >= 0.6 is 0 Å². The van der Waals surface area contributed by atoms with E-state index in [9.17, 15) is 19.2 Å². The molecule has 3 amide bonds. The maximum absolute atomic E-state index is 14.1. The summed E-state index contributed by atoms with van der Waals surface area (Å²) in [6.45, 7) is 1.30. The van der Waals surface area contributed by atoms with E-state index in [1.807, 2.05) is 48.7 Å². The van der Waals surface area contributed by atoms with Gasteiger partial charge in [-0.2, -0.15) is 0 Å². The number of amides is 3. The Morgan fingerprint density at radius 3 is 2.49 bits per heavy atom. The van der Waals surface area contributed by atoms with Gasteiger partial charge in [-0.05, 0) is 48.4 Å². The Morgan fingerprint density at radius 1 is 0.949 bits per heavy atom. The van der Waals surface area contributed by atoms with E-state index in [4.69, 9.17) is 4.74 Å². The third-order valence-electron chi connectivity index (χ3n) is 8.09. The maximum atomic E-state index is 14.1. The molecule has 0 saturated carbocycles. The number of fused-ring (bicyclic) bond motifs is 5. The van der Waals surface area contributed by atoms with Gasteiger partial charge in [0.15, 0.2) is 0 Å². The van der Waals surface area contributed by atoms with Crippen LogP contribution in [0.3, 0.4) is 0 Å². The normalized spacial score (nSPS) is 25.3. The van der Waals surface area contributed by atoms with Crippen LogP contribution in [0.5, 0.6) is 5.75 Å². The largest absolute Gasteiger partial charge is 0.427 e. The van der Waals surface area contributed by atoms with Crippen molar-refractivity contribution in [2.75, 3.05) is 10.2 Å². The number of anilines is 2. The van der Waals surface area contributed by atoms with Crippen LogP contribution in [0, 0.1) is 11.8 Å². The van der Waals surface area contributed by atoms with Crippen molar-refractivity contribution in [3.05, 3.63) is 90.1 Å². The van der Waals surface area contributed by atoms with E-state index < -0.39 is 35.3 Å².